The van der Waals surface area contributed by atoms with Gasteiger partial charge in [-0.2, -0.15) is 0 Å². The van der Waals surface area contributed by atoms with E-state index in [1.807, 2.05) is 32.9 Å². The molecule has 0 unspecified atom stereocenters. The van der Waals surface area contributed by atoms with Crippen LogP contribution in [0.3, 0.4) is 0 Å². The molecule has 2 aromatic carbocycles. The fourth-order valence-corrected chi connectivity index (χ4v) is 4.71. The van der Waals surface area contributed by atoms with Crippen molar-refractivity contribution in [1.29, 1.82) is 0 Å². The van der Waals surface area contributed by atoms with Gasteiger partial charge in [-0.25, -0.2) is 4.79 Å². The molecule has 0 atom stereocenters. The summed E-state index contributed by atoms with van der Waals surface area (Å²) in [6.45, 7) is 7.33. The second-order valence-electron chi connectivity index (χ2n) is 8.81. The predicted molar refractivity (Wildman–Crippen MR) is 136 cm³/mol. The van der Waals surface area contributed by atoms with Gasteiger partial charge in [0.15, 0.2) is 11.5 Å². The highest BCUT2D eigenvalue weighted by Gasteiger charge is 2.29. The van der Waals surface area contributed by atoms with Gasteiger partial charge in [0.25, 0.3) is 11.5 Å². The molecular formula is C26H32N4O5. The first-order valence-corrected chi connectivity index (χ1v) is 12.0. The molecule has 1 aromatic heterocycles. The van der Waals surface area contributed by atoms with Crippen LogP contribution >= 0.6 is 0 Å². The quantitative estimate of drug-likeness (QED) is 0.544. The molecule has 2 heterocycles. The summed E-state index contributed by atoms with van der Waals surface area (Å²) >= 11 is 0. The SMILES string of the molecule is CCOc1cc(N)c(C(=O)N2CCC(n3c(=O)c4cc(C)ccc4n(C)c3=O)CC2)cc1OCC. The molecule has 0 spiro atoms. The van der Waals surface area contributed by atoms with Crippen molar-refractivity contribution in [3.8, 4) is 11.5 Å². The third-order valence-electron chi connectivity index (χ3n) is 6.52. The molecule has 1 aliphatic rings. The van der Waals surface area contributed by atoms with Crippen molar-refractivity contribution in [3.05, 3.63) is 62.3 Å². The summed E-state index contributed by atoms with van der Waals surface area (Å²) in [6, 6.07) is 8.47. The molecule has 1 amide bonds. The van der Waals surface area contributed by atoms with E-state index in [1.165, 1.54) is 9.13 Å². The molecule has 2 N–H and O–H groups in total. The maximum absolute atomic E-state index is 13.3. The minimum atomic E-state index is -0.340. The number of likely N-dealkylation sites (tertiary alicyclic amines) is 1. The number of piperidine rings is 1. The standard InChI is InChI=1S/C26H32N4O5/c1-5-34-22-14-18(20(27)15-23(22)35-6-2)24(31)29-11-9-17(10-12-29)30-25(32)19-13-16(3)7-8-21(19)28(4)26(30)33/h7-8,13-15,17H,5-6,9-12,27H2,1-4H3. The zero-order valence-electron chi connectivity index (χ0n) is 20.7. The average Bonchev–Trinajstić information content (AvgIpc) is 2.84. The number of carbonyl (C=O) groups is 1. The summed E-state index contributed by atoms with van der Waals surface area (Å²) in [4.78, 5) is 41.3. The predicted octanol–water partition coefficient (Wildman–Crippen LogP) is 2.87. The second kappa shape index (κ2) is 9.85. The third kappa shape index (κ3) is 4.50. The number of benzene rings is 2. The number of fused-ring (bicyclic) bond motifs is 1. The molecule has 9 nitrogen and oxygen atoms in total. The summed E-state index contributed by atoms with van der Waals surface area (Å²) in [5, 5.41) is 0.524. The van der Waals surface area contributed by atoms with Gasteiger partial charge in [0.05, 0.1) is 29.7 Å². The van der Waals surface area contributed by atoms with Crippen LogP contribution in [0.2, 0.25) is 0 Å². The Balaban J connectivity index is 1.59. The van der Waals surface area contributed by atoms with Crippen molar-refractivity contribution in [3.63, 3.8) is 0 Å². The monoisotopic (exact) mass is 480 g/mol. The van der Waals surface area contributed by atoms with E-state index in [1.54, 1.807) is 30.1 Å². The number of nitrogens with zero attached hydrogens (tertiary/aromatic N) is 3. The first-order valence-electron chi connectivity index (χ1n) is 12.0. The van der Waals surface area contributed by atoms with E-state index in [0.29, 0.717) is 72.8 Å². The Bertz CT molecular complexity index is 1380. The fraction of sp³-hybridized carbons (Fsp3) is 0.423. The van der Waals surface area contributed by atoms with Crippen molar-refractivity contribution in [2.45, 2.75) is 39.7 Å². The second-order valence-corrected chi connectivity index (χ2v) is 8.81. The summed E-state index contributed by atoms with van der Waals surface area (Å²) in [5.74, 6) is 0.770. The van der Waals surface area contributed by atoms with Gasteiger partial charge in [-0.15, -0.1) is 0 Å². The van der Waals surface area contributed by atoms with Crippen LogP contribution in [-0.4, -0.2) is 46.2 Å². The molecule has 0 aliphatic carbocycles. The number of carbonyl (C=O) groups excluding carboxylic acids is 1. The number of hydrogen-bond acceptors (Lipinski definition) is 6. The fourth-order valence-electron chi connectivity index (χ4n) is 4.71. The maximum Gasteiger partial charge on any atom is 0.331 e. The van der Waals surface area contributed by atoms with Crippen LogP contribution in [-0.2, 0) is 7.05 Å². The number of nitrogen functional groups attached to an aromatic ring is 1. The number of rotatable bonds is 6. The van der Waals surface area contributed by atoms with Crippen LogP contribution in [0, 0.1) is 6.92 Å². The van der Waals surface area contributed by atoms with E-state index >= 15 is 0 Å². The molecule has 4 rings (SSSR count). The van der Waals surface area contributed by atoms with Gasteiger partial charge in [-0.05, 0) is 51.8 Å². The van der Waals surface area contributed by atoms with Crippen molar-refractivity contribution >= 4 is 22.5 Å². The first-order chi connectivity index (χ1) is 16.8. The zero-order chi connectivity index (χ0) is 25.3. The van der Waals surface area contributed by atoms with E-state index in [9.17, 15) is 14.4 Å². The number of anilines is 1. The summed E-state index contributed by atoms with van der Waals surface area (Å²) in [5.41, 5.74) is 7.81. The van der Waals surface area contributed by atoms with Gasteiger partial charge in [-0.1, -0.05) is 11.6 Å². The lowest BCUT2D eigenvalue weighted by Crippen LogP contribution is -2.46. The lowest BCUT2D eigenvalue weighted by molar-refractivity contribution is 0.0692. The highest BCUT2D eigenvalue weighted by Crippen LogP contribution is 2.34. The van der Waals surface area contributed by atoms with Crippen molar-refractivity contribution in [1.82, 2.24) is 14.0 Å². The van der Waals surface area contributed by atoms with Gasteiger partial charge in [-0.3, -0.25) is 18.7 Å². The maximum atomic E-state index is 13.3. The Morgan fingerprint density at radius 3 is 2.29 bits per heavy atom. The molecule has 0 radical (unpaired) electrons. The minimum Gasteiger partial charge on any atom is -0.490 e. The Labute approximate surface area is 203 Å². The number of aromatic nitrogens is 2. The van der Waals surface area contributed by atoms with E-state index < -0.39 is 0 Å². The molecule has 35 heavy (non-hydrogen) atoms. The Morgan fingerprint density at radius 2 is 1.66 bits per heavy atom. The van der Waals surface area contributed by atoms with E-state index in [2.05, 4.69) is 0 Å². The molecule has 1 saturated heterocycles. The molecule has 1 fully saturated rings. The smallest absolute Gasteiger partial charge is 0.331 e. The molecule has 0 saturated carbocycles. The van der Waals surface area contributed by atoms with Crippen LogP contribution in [0.4, 0.5) is 5.69 Å². The highest BCUT2D eigenvalue weighted by molar-refractivity contribution is 6.00. The normalized spacial score (nSPS) is 14.3. The highest BCUT2D eigenvalue weighted by atomic mass is 16.5. The Morgan fingerprint density at radius 1 is 1.03 bits per heavy atom. The summed E-state index contributed by atoms with van der Waals surface area (Å²) < 4.78 is 14.1. The van der Waals surface area contributed by atoms with Gasteiger partial charge in [0, 0.05) is 37.9 Å². The van der Waals surface area contributed by atoms with Crippen LogP contribution in [0.5, 0.6) is 11.5 Å². The number of ether oxygens (including phenoxy) is 2. The molecule has 9 heteroatoms. The van der Waals surface area contributed by atoms with Gasteiger partial charge in [0.1, 0.15) is 0 Å². The number of aryl methyl sites for hydroxylation is 2. The van der Waals surface area contributed by atoms with Crippen molar-refractivity contribution in [2.24, 2.45) is 7.05 Å². The third-order valence-corrected chi connectivity index (χ3v) is 6.52. The molecular weight excluding hydrogens is 448 g/mol. The summed E-state index contributed by atoms with van der Waals surface area (Å²) in [6.07, 6.45) is 0.987. The minimum absolute atomic E-state index is 0.209. The molecule has 3 aromatic rings. The topological polar surface area (TPSA) is 109 Å². The average molecular weight is 481 g/mol. The summed E-state index contributed by atoms with van der Waals surface area (Å²) in [7, 11) is 1.68. The van der Waals surface area contributed by atoms with Crippen LogP contribution < -0.4 is 26.5 Å². The van der Waals surface area contributed by atoms with Crippen molar-refractivity contribution in [2.75, 3.05) is 32.0 Å². The zero-order valence-corrected chi connectivity index (χ0v) is 20.7. The molecule has 0 bridgehead atoms. The van der Waals surface area contributed by atoms with Crippen LogP contribution in [0.25, 0.3) is 10.9 Å². The molecule has 1 aliphatic heterocycles. The Kier molecular flexibility index (Phi) is 6.86. The number of nitrogens with two attached hydrogens (primary N) is 1. The molecule has 186 valence electrons. The Hall–Kier alpha value is -3.75. The van der Waals surface area contributed by atoms with E-state index in [4.69, 9.17) is 15.2 Å². The van der Waals surface area contributed by atoms with Gasteiger partial charge in [0.2, 0.25) is 0 Å². The largest absolute Gasteiger partial charge is 0.490 e. The number of hydrogen-bond donors (Lipinski definition) is 1. The van der Waals surface area contributed by atoms with Gasteiger partial charge >= 0.3 is 5.69 Å². The lowest BCUT2D eigenvalue weighted by atomic mass is 10.0. The van der Waals surface area contributed by atoms with Crippen molar-refractivity contribution < 1.29 is 14.3 Å². The van der Waals surface area contributed by atoms with Gasteiger partial charge < -0.3 is 20.1 Å². The first kappa shape index (κ1) is 24.4. The van der Waals surface area contributed by atoms with E-state index in [-0.39, 0.29) is 23.2 Å². The van der Waals surface area contributed by atoms with Crippen LogP contribution in [0.15, 0.2) is 39.9 Å². The lowest BCUT2D eigenvalue weighted by Gasteiger charge is -2.33. The number of amides is 1. The van der Waals surface area contributed by atoms with Crippen LogP contribution in [0.1, 0.15) is 48.7 Å². The van der Waals surface area contributed by atoms with E-state index in [0.717, 1.165) is 5.56 Å².